The largest absolute Gasteiger partial charge is 0.326 e. The molecule has 0 aliphatic heterocycles. The van der Waals surface area contributed by atoms with Crippen LogP contribution in [0.2, 0.25) is 0 Å². The molecule has 2 heteroatoms. The molecule has 4 N–H and O–H groups in total. The minimum atomic E-state index is 0.280. The second kappa shape index (κ2) is 4.80. The molecule has 2 atom stereocenters. The summed E-state index contributed by atoms with van der Waals surface area (Å²) in [4.78, 5) is 0. The van der Waals surface area contributed by atoms with Gasteiger partial charge in [-0.15, -0.1) is 0 Å². The number of nitrogens with two attached hydrogens (primary N) is 2. The zero-order valence-corrected chi connectivity index (χ0v) is 15.3. The molecule has 0 radical (unpaired) electrons. The Kier molecular flexibility index (Phi) is 3.00. The summed E-state index contributed by atoms with van der Waals surface area (Å²) in [5, 5.41) is 0. The van der Waals surface area contributed by atoms with E-state index in [4.69, 9.17) is 11.5 Å². The van der Waals surface area contributed by atoms with E-state index in [2.05, 4.69) is 0 Å². The molecule has 0 aromatic rings. The Bertz CT molecular complexity index is 420. The van der Waals surface area contributed by atoms with Crippen molar-refractivity contribution in [3.05, 3.63) is 0 Å². The van der Waals surface area contributed by atoms with E-state index in [-0.39, 0.29) is 12.1 Å². The summed E-state index contributed by atoms with van der Waals surface area (Å²) in [5.41, 5.74) is 15.1. The van der Waals surface area contributed by atoms with Crippen LogP contribution in [0.25, 0.3) is 0 Å². The van der Waals surface area contributed by atoms with Gasteiger partial charge in [0.15, 0.2) is 0 Å². The molecule has 8 saturated carbocycles. The average molecular weight is 329 g/mol. The lowest BCUT2D eigenvalue weighted by molar-refractivity contribution is -0.110. The number of hydrogen-bond donors (Lipinski definition) is 2. The van der Waals surface area contributed by atoms with Crippen molar-refractivity contribution >= 4 is 0 Å². The molecule has 8 fully saturated rings. The van der Waals surface area contributed by atoms with Gasteiger partial charge in [-0.25, -0.2) is 0 Å². The topological polar surface area (TPSA) is 52.0 Å². The van der Waals surface area contributed by atoms with Crippen LogP contribution in [0.3, 0.4) is 0 Å². The third-order valence-corrected chi connectivity index (χ3v) is 9.97. The van der Waals surface area contributed by atoms with Crippen molar-refractivity contribution in [1.82, 2.24) is 0 Å². The summed E-state index contributed by atoms with van der Waals surface area (Å²) in [7, 11) is 0. The summed E-state index contributed by atoms with van der Waals surface area (Å²) in [6, 6.07) is 0.560. The van der Waals surface area contributed by atoms with Crippen molar-refractivity contribution in [2.24, 2.45) is 57.8 Å². The van der Waals surface area contributed by atoms with Gasteiger partial charge in [-0.2, -0.15) is 0 Å². The molecule has 0 unspecified atom stereocenters. The Morgan fingerprint density at radius 1 is 0.458 bits per heavy atom. The molecule has 2 nitrogen and oxygen atoms in total. The smallest absolute Gasteiger partial charge is 0.0255 e. The standard InChI is InChI=1S/C22H36N2/c23-19(21-7-13-1-14(8-21)3-15(2-13)9-21)20(24)22-10-16-4-17(11-22)6-18(5-16)12-22/h13-20H,1-12,23-24H2/t13?,14?,15?,16?,17?,18?,19-,20-,21?,22?/m0/s1. The Morgan fingerprint density at radius 3 is 0.875 bits per heavy atom. The van der Waals surface area contributed by atoms with Crippen LogP contribution in [0.15, 0.2) is 0 Å². The fourth-order valence-corrected chi connectivity index (χ4v) is 9.93. The summed E-state index contributed by atoms with van der Waals surface area (Å²) in [6.45, 7) is 0. The van der Waals surface area contributed by atoms with Gasteiger partial charge in [0.2, 0.25) is 0 Å². The third-order valence-electron chi connectivity index (χ3n) is 9.97. The van der Waals surface area contributed by atoms with E-state index in [9.17, 15) is 0 Å². The first-order chi connectivity index (χ1) is 11.5. The molecule has 0 aromatic heterocycles. The van der Waals surface area contributed by atoms with E-state index in [0.29, 0.717) is 10.8 Å². The zero-order chi connectivity index (χ0) is 16.1. The second-order valence-electron chi connectivity index (χ2n) is 11.6. The normalized spacial score (nSPS) is 59.8. The van der Waals surface area contributed by atoms with Crippen molar-refractivity contribution in [3.63, 3.8) is 0 Å². The van der Waals surface area contributed by atoms with Crippen LogP contribution in [0, 0.1) is 46.3 Å². The van der Waals surface area contributed by atoms with Gasteiger partial charge in [0.25, 0.3) is 0 Å². The highest BCUT2D eigenvalue weighted by Crippen LogP contribution is 2.65. The number of hydrogen-bond acceptors (Lipinski definition) is 2. The van der Waals surface area contributed by atoms with E-state index in [1.54, 1.807) is 0 Å². The molecular formula is C22H36N2. The van der Waals surface area contributed by atoms with Gasteiger partial charge in [-0.3, -0.25) is 0 Å². The molecule has 8 aliphatic carbocycles. The van der Waals surface area contributed by atoms with Crippen LogP contribution in [0.1, 0.15) is 77.0 Å². The van der Waals surface area contributed by atoms with Crippen LogP contribution >= 0.6 is 0 Å². The molecule has 8 aliphatic rings. The van der Waals surface area contributed by atoms with Crippen LogP contribution in [0.4, 0.5) is 0 Å². The van der Waals surface area contributed by atoms with E-state index in [1.165, 1.54) is 77.0 Å². The predicted molar refractivity (Wildman–Crippen MR) is 97.2 cm³/mol. The fourth-order valence-electron chi connectivity index (χ4n) is 9.93. The predicted octanol–water partition coefficient (Wildman–Crippen LogP) is 4.07. The highest BCUT2D eigenvalue weighted by Gasteiger charge is 2.59. The maximum Gasteiger partial charge on any atom is 0.0255 e. The highest BCUT2D eigenvalue weighted by molar-refractivity contribution is 5.13. The molecule has 0 amide bonds. The Morgan fingerprint density at radius 2 is 0.667 bits per heavy atom. The molecule has 134 valence electrons. The summed E-state index contributed by atoms with van der Waals surface area (Å²) in [5.74, 6) is 5.95. The maximum atomic E-state index is 7.11. The summed E-state index contributed by atoms with van der Waals surface area (Å²) in [6.07, 6.45) is 17.6. The van der Waals surface area contributed by atoms with Crippen LogP contribution in [-0.4, -0.2) is 12.1 Å². The minimum absolute atomic E-state index is 0.280. The first kappa shape index (κ1) is 15.0. The molecule has 8 bridgehead atoms. The molecular weight excluding hydrogens is 292 g/mol. The molecule has 0 aromatic carbocycles. The lowest BCUT2D eigenvalue weighted by Crippen LogP contribution is -2.66. The van der Waals surface area contributed by atoms with Crippen LogP contribution in [-0.2, 0) is 0 Å². The highest BCUT2D eigenvalue weighted by atomic mass is 14.9. The van der Waals surface area contributed by atoms with Crippen molar-refractivity contribution < 1.29 is 0 Å². The Balaban J connectivity index is 1.29. The van der Waals surface area contributed by atoms with E-state index >= 15 is 0 Å². The van der Waals surface area contributed by atoms with Gasteiger partial charge >= 0.3 is 0 Å². The zero-order valence-electron chi connectivity index (χ0n) is 15.3. The molecule has 0 heterocycles. The quantitative estimate of drug-likeness (QED) is 0.820. The fraction of sp³-hybridized carbons (Fsp3) is 1.00. The summed E-state index contributed by atoms with van der Waals surface area (Å²) >= 11 is 0. The monoisotopic (exact) mass is 328 g/mol. The van der Waals surface area contributed by atoms with Crippen molar-refractivity contribution in [3.8, 4) is 0 Å². The Labute approximate surface area is 147 Å². The van der Waals surface area contributed by atoms with Gasteiger partial charge in [-0.1, -0.05) is 0 Å². The van der Waals surface area contributed by atoms with Crippen molar-refractivity contribution in [1.29, 1.82) is 0 Å². The van der Waals surface area contributed by atoms with E-state index < -0.39 is 0 Å². The third kappa shape index (κ3) is 1.96. The molecule has 0 saturated heterocycles. The van der Waals surface area contributed by atoms with Gasteiger partial charge in [0, 0.05) is 12.1 Å². The van der Waals surface area contributed by atoms with Crippen LogP contribution < -0.4 is 11.5 Å². The summed E-state index contributed by atoms with van der Waals surface area (Å²) < 4.78 is 0. The van der Waals surface area contributed by atoms with Crippen LogP contribution in [0.5, 0.6) is 0 Å². The molecule has 24 heavy (non-hydrogen) atoms. The number of rotatable bonds is 3. The lowest BCUT2D eigenvalue weighted by atomic mass is 9.43. The second-order valence-corrected chi connectivity index (χ2v) is 11.6. The minimum Gasteiger partial charge on any atom is -0.326 e. The van der Waals surface area contributed by atoms with Gasteiger partial charge < -0.3 is 11.5 Å². The first-order valence-electron chi connectivity index (χ1n) is 11.0. The SMILES string of the molecule is N[C@@H]([C@H](N)C12CC3CC(CC(C3)C1)C2)C12CC3CC(CC(C3)C1)C2. The van der Waals surface area contributed by atoms with Gasteiger partial charge in [-0.05, 0) is 123 Å². The first-order valence-corrected chi connectivity index (χ1v) is 11.0. The molecule has 0 spiro atoms. The van der Waals surface area contributed by atoms with Crippen molar-refractivity contribution in [2.45, 2.75) is 89.1 Å². The van der Waals surface area contributed by atoms with Gasteiger partial charge in [0.1, 0.15) is 0 Å². The average Bonchev–Trinajstić information content (AvgIpc) is 2.51. The van der Waals surface area contributed by atoms with E-state index in [1.807, 2.05) is 0 Å². The van der Waals surface area contributed by atoms with Crippen molar-refractivity contribution in [2.75, 3.05) is 0 Å². The lowest BCUT2D eigenvalue weighted by Gasteiger charge is -2.64. The Hall–Kier alpha value is -0.0800. The molecule has 8 rings (SSSR count). The maximum absolute atomic E-state index is 7.11. The van der Waals surface area contributed by atoms with Gasteiger partial charge in [0.05, 0.1) is 0 Å². The van der Waals surface area contributed by atoms with E-state index in [0.717, 1.165) is 35.5 Å².